The van der Waals surface area contributed by atoms with E-state index in [1.165, 1.54) is 66.7 Å². The van der Waals surface area contributed by atoms with E-state index in [2.05, 4.69) is 53.4 Å². The Bertz CT molecular complexity index is 966. The number of aryl methyl sites for hydroxylation is 1. The summed E-state index contributed by atoms with van der Waals surface area (Å²) in [6.45, 7) is 6.83. The average Bonchev–Trinajstić information content (AvgIpc) is 3.19. The topological polar surface area (TPSA) is 18.5 Å². The molecule has 2 heterocycles. The summed E-state index contributed by atoms with van der Waals surface area (Å²) in [6.07, 6.45) is 8.04. The van der Waals surface area contributed by atoms with Crippen LogP contribution < -0.4 is 10.2 Å². The Labute approximate surface area is 185 Å². The number of hydrogen-bond donors (Lipinski definition) is 1. The van der Waals surface area contributed by atoms with E-state index in [0.717, 1.165) is 25.1 Å². The van der Waals surface area contributed by atoms with Crippen molar-refractivity contribution in [3.8, 4) is 0 Å². The van der Waals surface area contributed by atoms with E-state index in [-0.39, 0.29) is 5.82 Å². The number of fused-ring (bicyclic) bond motifs is 1. The van der Waals surface area contributed by atoms with Crippen LogP contribution >= 0.6 is 0 Å². The van der Waals surface area contributed by atoms with E-state index in [0.29, 0.717) is 12.1 Å². The van der Waals surface area contributed by atoms with Crippen molar-refractivity contribution in [2.75, 3.05) is 38.1 Å². The number of hydrogen-bond acceptors (Lipinski definition) is 3. The van der Waals surface area contributed by atoms with E-state index in [4.69, 9.17) is 0 Å². The van der Waals surface area contributed by atoms with Crippen LogP contribution in [0.4, 0.5) is 10.1 Å². The van der Waals surface area contributed by atoms with Gasteiger partial charge in [-0.05, 0) is 111 Å². The SMILES string of the molecule is Cc1ccc(N2CCC(NC3CCN(C)CC3)CC2)cc1C1=Cc2cc(F)ccc2C1. The first-order valence-corrected chi connectivity index (χ1v) is 11.8. The molecular weight excluding hydrogens is 385 g/mol. The molecule has 5 rings (SSSR count). The van der Waals surface area contributed by atoms with Crippen molar-refractivity contribution in [3.63, 3.8) is 0 Å². The van der Waals surface area contributed by atoms with Crippen molar-refractivity contribution in [1.82, 2.24) is 10.2 Å². The lowest BCUT2D eigenvalue weighted by Gasteiger charge is -2.38. The molecule has 2 saturated heterocycles. The second-order valence-corrected chi connectivity index (χ2v) is 9.69. The minimum Gasteiger partial charge on any atom is -0.371 e. The summed E-state index contributed by atoms with van der Waals surface area (Å²) < 4.78 is 13.6. The zero-order valence-corrected chi connectivity index (χ0v) is 18.8. The third-order valence-corrected chi connectivity index (χ3v) is 7.44. The Hall–Kier alpha value is -2.17. The third-order valence-electron chi connectivity index (χ3n) is 7.44. The van der Waals surface area contributed by atoms with E-state index >= 15 is 0 Å². The number of allylic oxidation sites excluding steroid dienone is 1. The van der Waals surface area contributed by atoms with Crippen LogP contribution in [0.1, 0.15) is 47.9 Å². The Balaban J connectivity index is 1.24. The van der Waals surface area contributed by atoms with Gasteiger partial charge >= 0.3 is 0 Å². The lowest BCUT2D eigenvalue weighted by atomic mass is 9.96. The minimum atomic E-state index is -0.154. The molecule has 0 atom stereocenters. The molecule has 4 heteroatoms. The van der Waals surface area contributed by atoms with Crippen LogP contribution in [0.3, 0.4) is 0 Å². The van der Waals surface area contributed by atoms with E-state index in [9.17, 15) is 4.39 Å². The third kappa shape index (κ3) is 4.56. The Kier molecular flexibility index (Phi) is 5.85. The van der Waals surface area contributed by atoms with Crippen molar-refractivity contribution in [1.29, 1.82) is 0 Å². The first kappa shape index (κ1) is 20.7. The van der Waals surface area contributed by atoms with Crippen LogP contribution in [-0.2, 0) is 6.42 Å². The van der Waals surface area contributed by atoms with Gasteiger partial charge in [-0.15, -0.1) is 0 Å². The van der Waals surface area contributed by atoms with Gasteiger partial charge in [-0.1, -0.05) is 18.2 Å². The van der Waals surface area contributed by atoms with Crippen molar-refractivity contribution in [3.05, 3.63) is 64.5 Å². The molecule has 2 fully saturated rings. The maximum Gasteiger partial charge on any atom is 0.123 e. The molecule has 2 aromatic rings. The fraction of sp³-hybridized carbons (Fsp3) is 0.481. The molecule has 0 amide bonds. The molecule has 2 aliphatic heterocycles. The second-order valence-electron chi connectivity index (χ2n) is 9.69. The van der Waals surface area contributed by atoms with E-state index in [1.54, 1.807) is 12.1 Å². The molecule has 0 unspecified atom stereocenters. The summed E-state index contributed by atoms with van der Waals surface area (Å²) >= 11 is 0. The molecule has 0 spiro atoms. The largest absolute Gasteiger partial charge is 0.371 e. The monoisotopic (exact) mass is 419 g/mol. The quantitative estimate of drug-likeness (QED) is 0.762. The van der Waals surface area contributed by atoms with Gasteiger partial charge in [0.05, 0.1) is 0 Å². The molecular formula is C27H34FN3. The number of likely N-dealkylation sites (tertiary alicyclic amines) is 1. The van der Waals surface area contributed by atoms with Gasteiger partial charge < -0.3 is 15.1 Å². The minimum absolute atomic E-state index is 0.154. The van der Waals surface area contributed by atoms with Gasteiger partial charge in [0.2, 0.25) is 0 Å². The fourth-order valence-corrected chi connectivity index (χ4v) is 5.44. The lowest BCUT2D eigenvalue weighted by molar-refractivity contribution is 0.217. The number of piperidine rings is 2. The van der Waals surface area contributed by atoms with Crippen LogP contribution in [0.15, 0.2) is 36.4 Å². The summed E-state index contributed by atoms with van der Waals surface area (Å²) in [5.74, 6) is -0.154. The van der Waals surface area contributed by atoms with E-state index < -0.39 is 0 Å². The summed E-state index contributed by atoms with van der Waals surface area (Å²) in [6, 6.07) is 13.4. The van der Waals surface area contributed by atoms with Gasteiger partial charge in [0.25, 0.3) is 0 Å². The smallest absolute Gasteiger partial charge is 0.123 e. The van der Waals surface area contributed by atoms with Crippen molar-refractivity contribution in [2.24, 2.45) is 0 Å². The Morgan fingerprint density at radius 1 is 0.903 bits per heavy atom. The number of nitrogens with zero attached hydrogens (tertiary/aromatic N) is 2. The van der Waals surface area contributed by atoms with Gasteiger partial charge in [0, 0.05) is 30.9 Å². The van der Waals surface area contributed by atoms with Crippen LogP contribution in [0, 0.1) is 12.7 Å². The van der Waals surface area contributed by atoms with Gasteiger partial charge in [-0.3, -0.25) is 0 Å². The number of nitrogens with one attached hydrogen (secondary N) is 1. The van der Waals surface area contributed by atoms with Gasteiger partial charge in [0.15, 0.2) is 0 Å². The predicted octanol–water partition coefficient (Wildman–Crippen LogP) is 4.88. The molecule has 164 valence electrons. The summed E-state index contributed by atoms with van der Waals surface area (Å²) in [7, 11) is 2.23. The predicted molar refractivity (Wildman–Crippen MR) is 128 cm³/mol. The first-order valence-electron chi connectivity index (χ1n) is 11.8. The first-order chi connectivity index (χ1) is 15.0. The van der Waals surface area contributed by atoms with Crippen LogP contribution in [0.25, 0.3) is 11.6 Å². The highest BCUT2D eigenvalue weighted by Gasteiger charge is 2.24. The zero-order chi connectivity index (χ0) is 21.4. The molecule has 0 bridgehead atoms. The summed E-state index contributed by atoms with van der Waals surface area (Å²) in [4.78, 5) is 4.97. The highest BCUT2D eigenvalue weighted by atomic mass is 19.1. The number of anilines is 1. The molecule has 0 radical (unpaired) electrons. The highest BCUT2D eigenvalue weighted by Crippen LogP contribution is 2.35. The molecule has 31 heavy (non-hydrogen) atoms. The standard InChI is InChI=1S/C27H34FN3/c1-19-3-6-26(18-27(19)22-15-20-4-5-23(28)17-21(20)16-22)31-13-9-25(10-14-31)29-24-7-11-30(2)12-8-24/h3-6,16-18,24-25,29H,7-15H2,1-2H3. The highest BCUT2D eigenvalue weighted by molar-refractivity contribution is 5.90. The molecule has 3 nitrogen and oxygen atoms in total. The summed E-state index contributed by atoms with van der Waals surface area (Å²) in [5, 5.41) is 3.94. The van der Waals surface area contributed by atoms with Crippen LogP contribution in [0.2, 0.25) is 0 Å². The molecule has 3 aliphatic rings. The lowest BCUT2D eigenvalue weighted by Crippen LogP contribution is -2.49. The van der Waals surface area contributed by atoms with Gasteiger partial charge in [-0.2, -0.15) is 0 Å². The van der Waals surface area contributed by atoms with Crippen molar-refractivity contribution in [2.45, 2.75) is 51.1 Å². The second kappa shape index (κ2) is 8.76. The number of rotatable bonds is 4. The van der Waals surface area contributed by atoms with Gasteiger partial charge in [-0.25, -0.2) is 4.39 Å². The van der Waals surface area contributed by atoms with E-state index in [1.807, 2.05) is 6.07 Å². The maximum atomic E-state index is 13.6. The summed E-state index contributed by atoms with van der Waals surface area (Å²) in [5.41, 5.74) is 7.48. The number of halogens is 1. The normalized spacial score (nSPS) is 20.7. The molecule has 0 aromatic heterocycles. The maximum absolute atomic E-state index is 13.6. The number of benzene rings is 2. The molecule has 1 aliphatic carbocycles. The van der Waals surface area contributed by atoms with Crippen molar-refractivity contribution >= 4 is 17.3 Å². The molecule has 2 aromatic carbocycles. The van der Waals surface area contributed by atoms with Crippen LogP contribution in [0.5, 0.6) is 0 Å². The fourth-order valence-electron chi connectivity index (χ4n) is 5.44. The Morgan fingerprint density at radius 3 is 2.35 bits per heavy atom. The zero-order valence-electron chi connectivity index (χ0n) is 18.8. The van der Waals surface area contributed by atoms with Gasteiger partial charge in [0.1, 0.15) is 5.82 Å². The Morgan fingerprint density at radius 2 is 1.61 bits per heavy atom. The molecule has 0 saturated carbocycles. The average molecular weight is 420 g/mol. The van der Waals surface area contributed by atoms with Crippen molar-refractivity contribution < 1.29 is 4.39 Å². The van der Waals surface area contributed by atoms with Crippen LogP contribution in [-0.4, -0.2) is 50.2 Å². The molecule has 1 N–H and O–H groups in total.